The van der Waals surface area contributed by atoms with Crippen LogP contribution in [0.1, 0.15) is 43.6 Å². The zero-order valence-corrected chi connectivity index (χ0v) is 17.8. The molecule has 2 saturated carbocycles. The summed E-state index contributed by atoms with van der Waals surface area (Å²) in [7, 11) is 1.58. The van der Waals surface area contributed by atoms with Crippen molar-refractivity contribution in [3.8, 4) is 17.2 Å². The minimum absolute atomic E-state index is 0.0499. The number of aliphatic hydroxyl groups excluding tert-OH is 1. The van der Waals surface area contributed by atoms with Gasteiger partial charge in [0, 0.05) is 24.7 Å². The lowest BCUT2D eigenvalue weighted by atomic mass is 10.1. The molecule has 0 spiro atoms. The molecule has 1 N–H and O–H groups in total. The lowest BCUT2D eigenvalue weighted by Crippen LogP contribution is -2.32. The van der Waals surface area contributed by atoms with Gasteiger partial charge in [-0.05, 0) is 67.3 Å². The van der Waals surface area contributed by atoms with Crippen molar-refractivity contribution >= 4 is 11.6 Å². The quantitative estimate of drug-likeness (QED) is 0.662. The third-order valence-electron chi connectivity index (χ3n) is 6.40. The van der Waals surface area contributed by atoms with Crippen molar-refractivity contribution in [2.24, 2.45) is 5.92 Å². The molecule has 2 aliphatic carbocycles. The van der Waals surface area contributed by atoms with Gasteiger partial charge in [0.25, 0.3) is 5.91 Å². The fraction of sp³-hybridized carbons (Fsp3) is 0.480. The van der Waals surface area contributed by atoms with E-state index in [-0.39, 0.29) is 12.5 Å². The normalized spacial score (nSPS) is 21.8. The van der Waals surface area contributed by atoms with E-state index in [9.17, 15) is 9.90 Å². The molecule has 1 unspecified atom stereocenters. The van der Waals surface area contributed by atoms with Crippen molar-refractivity contribution < 1.29 is 24.1 Å². The number of aliphatic hydroxyl groups is 1. The topological polar surface area (TPSA) is 68.2 Å². The molecular weight excluding hydrogens is 394 g/mol. The van der Waals surface area contributed by atoms with Gasteiger partial charge in [0.2, 0.25) is 0 Å². The van der Waals surface area contributed by atoms with Crippen molar-refractivity contribution in [3.63, 3.8) is 0 Å². The van der Waals surface area contributed by atoms with E-state index in [4.69, 9.17) is 14.2 Å². The number of hydrogen-bond acceptors (Lipinski definition) is 5. The Morgan fingerprint density at radius 3 is 2.48 bits per heavy atom. The maximum Gasteiger partial charge on any atom is 0.268 e. The summed E-state index contributed by atoms with van der Waals surface area (Å²) in [6, 6.07) is 13.6. The lowest BCUT2D eigenvalue weighted by Gasteiger charge is -2.20. The van der Waals surface area contributed by atoms with Crippen LogP contribution in [-0.2, 0) is 4.79 Å². The largest absolute Gasteiger partial charge is 0.493 e. The van der Waals surface area contributed by atoms with Gasteiger partial charge in [-0.15, -0.1) is 0 Å². The molecule has 2 atom stereocenters. The highest BCUT2D eigenvalue weighted by molar-refractivity contribution is 5.99. The Labute approximate surface area is 182 Å². The van der Waals surface area contributed by atoms with Crippen molar-refractivity contribution in [1.29, 1.82) is 0 Å². The number of carbonyl (C=O) groups excluding carboxylic acids is 1. The number of ether oxygens (including phenoxy) is 3. The van der Waals surface area contributed by atoms with Crippen molar-refractivity contribution in [1.82, 2.24) is 0 Å². The zero-order chi connectivity index (χ0) is 21.4. The molecule has 5 rings (SSSR count). The molecule has 0 radical (unpaired) electrons. The molecule has 164 valence electrons. The summed E-state index contributed by atoms with van der Waals surface area (Å²) in [5.74, 6) is 2.87. The lowest BCUT2D eigenvalue weighted by molar-refractivity contribution is -0.122. The number of anilines is 1. The molecule has 1 saturated heterocycles. The van der Waals surface area contributed by atoms with Gasteiger partial charge < -0.3 is 24.2 Å². The van der Waals surface area contributed by atoms with Gasteiger partial charge >= 0.3 is 0 Å². The van der Waals surface area contributed by atoms with Gasteiger partial charge in [-0.1, -0.05) is 12.1 Å². The molecule has 0 aromatic heterocycles. The molecule has 2 aromatic carbocycles. The van der Waals surface area contributed by atoms with E-state index in [1.54, 1.807) is 18.1 Å². The molecule has 6 nitrogen and oxygen atoms in total. The first-order valence-corrected chi connectivity index (χ1v) is 11.2. The summed E-state index contributed by atoms with van der Waals surface area (Å²) >= 11 is 0. The Morgan fingerprint density at radius 1 is 1.03 bits per heavy atom. The van der Waals surface area contributed by atoms with Crippen LogP contribution in [0.25, 0.3) is 0 Å². The second-order valence-corrected chi connectivity index (χ2v) is 8.78. The highest BCUT2D eigenvalue weighted by Crippen LogP contribution is 2.40. The fourth-order valence-corrected chi connectivity index (χ4v) is 4.15. The third kappa shape index (κ3) is 4.49. The van der Waals surface area contributed by atoms with Gasteiger partial charge in [0.15, 0.2) is 17.6 Å². The molecule has 3 aliphatic rings. The summed E-state index contributed by atoms with van der Waals surface area (Å²) < 4.78 is 17.2. The van der Waals surface area contributed by atoms with Crippen LogP contribution in [0.2, 0.25) is 0 Å². The van der Waals surface area contributed by atoms with Crippen LogP contribution in [0, 0.1) is 5.92 Å². The zero-order valence-electron chi connectivity index (χ0n) is 17.8. The summed E-state index contributed by atoms with van der Waals surface area (Å²) in [6.45, 7) is 0.839. The number of methoxy groups -OCH3 is 1. The van der Waals surface area contributed by atoms with Crippen LogP contribution in [0.5, 0.6) is 17.2 Å². The van der Waals surface area contributed by atoms with Gasteiger partial charge in [-0.3, -0.25) is 4.79 Å². The Kier molecular flexibility index (Phi) is 5.48. The highest BCUT2D eigenvalue weighted by atomic mass is 16.5. The first kappa shape index (κ1) is 20.2. The number of hydrogen-bond donors (Lipinski definition) is 1. The summed E-state index contributed by atoms with van der Waals surface area (Å²) in [5, 5.41) is 10.0. The predicted molar refractivity (Wildman–Crippen MR) is 117 cm³/mol. The van der Waals surface area contributed by atoms with E-state index in [2.05, 4.69) is 12.1 Å². The Morgan fingerprint density at radius 2 is 1.81 bits per heavy atom. The van der Waals surface area contributed by atoms with E-state index in [0.29, 0.717) is 36.3 Å². The van der Waals surface area contributed by atoms with E-state index >= 15 is 0 Å². The third-order valence-corrected chi connectivity index (χ3v) is 6.40. The van der Waals surface area contributed by atoms with E-state index < -0.39 is 12.2 Å². The van der Waals surface area contributed by atoms with Crippen LogP contribution in [0.4, 0.5) is 5.69 Å². The summed E-state index contributed by atoms with van der Waals surface area (Å²) in [5.41, 5.74) is 2.11. The maximum atomic E-state index is 13.0. The van der Waals surface area contributed by atoms with Crippen LogP contribution < -0.4 is 19.1 Å². The van der Waals surface area contributed by atoms with E-state index in [1.165, 1.54) is 18.4 Å². The monoisotopic (exact) mass is 423 g/mol. The Hall–Kier alpha value is -2.73. The summed E-state index contributed by atoms with van der Waals surface area (Å²) in [4.78, 5) is 14.7. The summed E-state index contributed by atoms with van der Waals surface area (Å²) in [6.07, 6.45) is 4.37. The molecule has 3 fully saturated rings. The molecule has 0 bridgehead atoms. The second kappa shape index (κ2) is 8.42. The van der Waals surface area contributed by atoms with Gasteiger partial charge in [0.05, 0.1) is 13.2 Å². The number of benzene rings is 2. The number of amides is 1. The van der Waals surface area contributed by atoms with Gasteiger partial charge in [-0.25, -0.2) is 0 Å². The maximum absolute atomic E-state index is 13.0. The number of nitrogens with zero attached hydrogens (tertiary/aromatic N) is 1. The molecule has 1 amide bonds. The Balaban J connectivity index is 1.22. The molecule has 1 aliphatic heterocycles. The van der Waals surface area contributed by atoms with Crippen molar-refractivity contribution in [2.75, 3.05) is 25.2 Å². The average Bonchev–Trinajstić information content (AvgIpc) is 3.71. The molecule has 6 heteroatoms. The number of carbonyl (C=O) groups is 1. The molecular formula is C25H29NO5. The molecule has 2 aromatic rings. The molecule has 31 heavy (non-hydrogen) atoms. The minimum Gasteiger partial charge on any atom is -0.493 e. The minimum atomic E-state index is -0.484. The smallest absolute Gasteiger partial charge is 0.268 e. The first-order chi connectivity index (χ1) is 15.1. The van der Waals surface area contributed by atoms with Crippen molar-refractivity contribution in [2.45, 2.75) is 50.2 Å². The second-order valence-electron chi connectivity index (χ2n) is 8.78. The highest BCUT2D eigenvalue weighted by Gasteiger charge is 2.35. The predicted octanol–water partition coefficient (Wildman–Crippen LogP) is 3.91. The van der Waals surface area contributed by atoms with E-state index in [1.807, 2.05) is 24.3 Å². The standard InChI is InChI=1S/C25H29NO5/c1-29-24-14-19(8-11-22(24)30-15-21(27)18-4-5-18)26-13-12-23(25(26)28)31-20-9-6-17(7-10-20)16-2-3-16/h6-11,14,16,18,21,23,27H,2-5,12-13,15H2,1H3/t21-,23?/m0/s1. The van der Waals surface area contributed by atoms with Crippen LogP contribution in [0.3, 0.4) is 0 Å². The Bertz CT molecular complexity index is 935. The van der Waals surface area contributed by atoms with Gasteiger partial charge in [-0.2, -0.15) is 0 Å². The first-order valence-electron chi connectivity index (χ1n) is 11.2. The fourth-order valence-electron chi connectivity index (χ4n) is 4.15. The number of rotatable bonds is 9. The van der Waals surface area contributed by atoms with Gasteiger partial charge in [0.1, 0.15) is 12.4 Å². The van der Waals surface area contributed by atoms with E-state index in [0.717, 1.165) is 24.3 Å². The molecule has 1 heterocycles. The SMILES string of the molecule is COc1cc(N2CCC(Oc3ccc(C4CC4)cc3)C2=O)ccc1OC[C@H](O)C1CC1. The van der Waals surface area contributed by atoms with Crippen molar-refractivity contribution in [3.05, 3.63) is 48.0 Å². The van der Waals surface area contributed by atoms with Crippen LogP contribution >= 0.6 is 0 Å². The van der Waals surface area contributed by atoms with Crippen LogP contribution in [-0.4, -0.2) is 43.5 Å². The average molecular weight is 424 g/mol. The van der Waals surface area contributed by atoms with Crippen LogP contribution in [0.15, 0.2) is 42.5 Å².